The average Bonchev–Trinajstić information content (AvgIpc) is 3.21. The van der Waals surface area contributed by atoms with Crippen LogP contribution < -0.4 is 10.5 Å². The molecule has 0 radical (unpaired) electrons. The maximum absolute atomic E-state index is 12.1. The lowest BCUT2D eigenvalue weighted by molar-refractivity contribution is 0.0692. The smallest absolute Gasteiger partial charge is 0.352 e. The standard InChI is InChI=1S/C26H25ClN2O4S/c1-15(33-19-10-6-16(13-28)7-11-19)20-4-3-5-21-23(25(26(30)31)29-24(20)21)17-8-9-18(14-34(2)32)22(27)12-17/h3-12,15,29H,13-14,28H2,1-2H3,(H,30,31). The summed E-state index contributed by atoms with van der Waals surface area (Å²) >= 11 is 6.45. The van der Waals surface area contributed by atoms with E-state index in [1.54, 1.807) is 18.4 Å². The van der Waals surface area contributed by atoms with Gasteiger partial charge in [0.1, 0.15) is 17.5 Å². The molecule has 0 spiro atoms. The molecule has 1 aromatic heterocycles. The number of rotatable bonds is 8. The number of aromatic carboxylic acids is 1. The molecule has 4 aromatic rings. The van der Waals surface area contributed by atoms with E-state index in [2.05, 4.69) is 4.98 Å². The van der Waals surface area contributed by atoms with Gasteiger partial charge in [-0.3, -0.25) is 4.21 Å². The van der Waals surface area contributed by atoms with Crippen molar-refractivity contribution in [1.82, 2.24) is 4.98 Å². The number of halogens is 1. The number of fused-ring (bicyclic) bond motifs is 1. The Balaban J connectivity index is 1.78. The molecule has 3 aromatic carbocycles. The third-order valence-electron chi connectivity index (χ3n) is 5.69. The quantitative estimate of drug-likeness (QED) is 0.291. The second kappa shape index (κ2) is 10.0. The minimum absolute atomic E-state index is 0.0739. The van der Waals surface area contributed by atoms with Gasteiger partial charge in [-0.15, -0.1) is 0 Å². The van der Waals surface area contributed by atoms with Crippen LogP contribution >= 0.6 is 11.6 Å². The number of benzene rings is 3. The zero-order chi connectivity index (χ0) is 24.4. The fourth-order valence-corrected chi connectivity index (χ4v) is 5.07. The largest absolute Gasteiger partial charge is 0.486 e. The Morgan fingerprint density at radius 2 is 1.91 bits per heavy atom. The third-order valence-corrected chi connectivity index (χ3v) is 6.76. The highest BCUT2D eigenvalue weighted by atomic mass is 35.5. The third kappa shape index (κ3) is 4.87. The SMILES string of the molecule is CC(Oc1ccc(CN)cc1)c1cccc2c(-c3ccc(CS(C)=O)c(Cl)c3)c(C(=O)O)[nH]c12. The van der Waals surface area contributed by atoms with Crippen LogP contribution in [0.2, 0.25) is 5.02 Å². The van der Waals surface area contributed by atoms with Crippen LogP contribution in [0, 0.1) is 0 Å². The van der Waals surface area contributed by atoms with Gasteiger partial charge < -0.3 is 20.6 Å². The van der Waals surface area contributed by atoms with Gasteiger partial charge in [-0.25, -0.2) is 4.79 Å². The second-order valence-electron chi connectivity index (χ2n) is 8.08. The van der Waals surface area contributed by atoms with Crippen molar-refractivity contribution in [3.05, 3.63) is 88.1 Å². The Morgan fingerprint density at radius 3 is 2.53 bits per heavy atom. The molecule has 0 saturated carbocycles. The lowest BCUT2D eigenvalue weighted by Crippen LogP contribution is -2.04. The Kier molecular flexibility index (Phi) is 7.07. The molecule has 2 atom stereocenters. The highest BCUT2D eigenvalue weighted by Crippen LogP contribution is 2.38. The summed E-state index contributed by atoms with van der Waals surface area (Å²) in [6, 6.07) is 18.6. The van der Waals surface area contributed by atoms with Gasteiger partial charge in [-0.2, -0.15) is 0 Å². The van der Waals surface area contributed by atoms with Gasteiger partial charge in [0.15, 0.2) is 0 Å². The van der Waals surface area contributed by atoms with Crippen LogP contribution in [0.15, 0.2) is 60.7 Å². The first-order valence-corrected chi connectivity index (χ1v) is 12.8. The predicted molar refractivity (Wildman–Crippen MR) is 137 cm³/mol. The number of nitrogens with one attached hydrogen (secondary N) is 1. The lowest BCUT2D eigenvalue weighted by Gasteiger charge is -2.16. The van der Waals surface area contributed by atoms with Gasteiger partial charge in [0.05, 0.1) is 5.52 Å². The molecule has 0 bridgehead atoms. The predicted octanol–water partition coefficient (Wildman–Crippen LogP) is 5.66. The molecule has 0 aliphatic rings. The van der Waals surface area contributed by atoms with E-state index < -0.39 is 16.8 Å². The number of H-pyrrole nitrogens is 1. The van der Waals surface area contributed by atoms with Gasteiger partial charge in [0.25, 0.3) is 0 Å². The van der Waals surface area contributed by atoms with E-state index in [9.17, 15) is 14.1 Å². The summed E-state index contributed by atoms with van der Waals surface area (Å²) < 4.78 is 17.8. The molecule has 0 fully saturated rings. The van der Waals surface area contributed by atoms with E-state index in [1.807, 2.05) is 55.5 Å². The van der Waals surface area contributed by atoms with Crippen LogP contribution in [-0.2, 0) is 23.1 Å². The highest BCUT2D eigenvalue weighted by Gasteiger charge is 2.23. The zero-order valence-electron chi connectivity index (χ0n) is 18.8. The van der Waals surface area contributed by atoms with Crippen molar-refractivity contribution in [3.63, 3.8) is 0 Å². The number of carbonyl (C=O) groups is 1. The molecule has 4 N–H and O–H groups in total. The molecule has 0 saturated heterocycles. The Bertz CT molecular complexity index is 1380. The molecule has 0 aliphatic heterocycles. The molecule has 0 amide bonds. The monoisotopic (exact) mass is 496 g/mol. The van der Waals surface area contributed by atoms with E-state index >= 15 is 0 Å². The number of hydrogen-bond acceptors (Lipinski definition) is 4. The van der Waals surface area contributed by atoms with Crippen molar-refractivity contribution in [2.24, 2.45) is 5.73 Å². The molecule has 6 nitrogen and oxygen atoms in total. The number of para-hydroxylation sites is 1. The number of aromatic nitrogens is 1. The summed E-state index contributed by atoms with van der Waals surface area (Å²) in [5, 5.41) is 11.1. The Labute approximate surface area is 205 Å². The number of hydrogen-bond donors (Lipinski definition) is 3. The molecule has 4 rings (SSSR count). The van der Waals surface area contributed by atoms with Gasteiger partial charge in [-0.1, -0.05) is 54.1 Å². The van der Waals surface area contributed by atoms with Crippen molar-refractivity contribution >= 4 is 39.3 Å². The Morgan fingerprint density at radius 1 is 1.18 bits per heavy atom. The number of ether oxygens (including phenoxy) is 1. The van der Waals surface area contributed by atoms with E-state index in [-0.39, 0.29) is 11.8 Å². The highest BCUT2D eigenvalue weighted by molar-refractivity contribution is 7.83. The number of carboxylic acids is 1. The normalized spacial score (nSPS) is 13.1. The first-order chi connectivity index (χ1) is 16.3. The zero-order valence-corrected chi connectivity index (χ0v) is 20.4. The van der Waals surface area contributed by atoms with Crippen LogP contribution in [0.4, 0.5) is 0 Å². The number of nitrogens with two attached hydrogens (primary N) is 1. The second-order valence-corrected chi connectivity index (χ2v) is 9.92. The minimum Gasteiger partial charge on any atom is -0.486 e. The van der Waals surface area contributed by atoms with Gasteiger partial charge in [0, 0.05) is 50.9 Å². The van der Waals surface area contributed by atoms with Crippen LogP contribution in [0.3, 0.4) is 0 Å². The van der Waals surface area contributed by atoms with Crippen LogP contribution in [-0.4, -0.2) is 26.5 Å². The maximum Gasteiger partial charge on any atom is 0.352 e. The summed E-state index contributed by atoms with van der Waals surface area (Å²) in [6.45, 7) is 2.38. The molecular formula is C26H25ClN2O4S. The topological polar surface area (TPSA) is 105 Å². The number of aromatic amines is 1. The molecule has 34 heavy (non-hydrogen) atoms. The number of carboxylic acid groups (broad SMARTS) is 1. The van der Waals surface area contributed by atoms with Crippen molar-refractivity contribution in [1.29, 1.82) is 0 Å². The molecule has 0 aliphatic carbocycles. The van der Waals surface area contributed by atoms with Gasteiger partial charge >= 0.3 is 5.97 Å². The fourth-order valence-electron chi connectivity index (χ4n) is 4.05. The Hall–Kier alpha value is -3.13. The molecule has 2 unspecified atom stereocenters. The fraction of sp³-hybridized carbons (Fsp3) is 0.192. The van der Waals surface area contributed by atoms with E-state index in [4.69, 9.17) is 22.1 Å². The minimum atomic E-state index is -1.07. The van der Waals surface area contributed by atoms with Crippen molar-refractivity contribution in [2.75, 3.05) is 6.26 Å². The molecule has 1 heterocycles. The molecular weight excluding hydrogens is 472 g/mol. The van der Waals surface area contributed by atoms with E-state index in [1.165, 1.54) is 0 Å². The average molecular weight is 497 g/mol. The van der Waals surface area contributed by atoms with E-state index in [0.29, 0.717) is 39.7 Å². The first kappa shape index (κ1) is 24.0. The first-order valence-electron chi connectivity index (χ1n) is 10.7. The summed E-state index contributed by atoms with van der Waals surface area (Å²) in [5.74, 6) is -0.0371. The summed E-state index contributed by atoms with van der Waals surface area (Å²) in [6.07, 6.45) is 1.27. The van der Waals surface area contributed by atoms with Gasteiger partial charge in [0.2, 0.25) is 0 Å². The maximum atomic E-state index is 12.1. The van der Waals surface area contributed by atoms with Crippen molar-refractivity contribution in [2.45, 2.75) is 25.3 Å². The summed E-state index contributed by atoms with van der Waals surface area (Å²) in [5.41, 5.74) is 10.3. The lowest BCUT2D eigenvalue weighted by atomic mass is 9.98. The van der Waals surface area contributed by atoms with E-state index in [0.717, 1.165) is 22.1 Å². The molecule has 176 valence electrons. The summed E-state index contributed by atoms with van der Waals surface area (Å²) in [7, 11) is -1.04. The van der Waals surface area contributed by atoms with Gasteiger partial charge in [-0.05, 0) is 41.8 Å². The van der Waals surface area contributed by atoms with Crippen molar-refractivity contribution < 1.29 is 18.8 Å². The van der Waals surface area contributed by atoms with Crippen LogP contribution in [0.1, 0.15) is 40.2 Å². The molecule has 8 heteroatoms. The van der Waals surface area contributed by atoms with Crippen molar-refractivity contribution in [3.8, 4) is 16.9 Å². The summed E-state index contributed by atoms with van der Waals surface area (Å²) in [4.78, 5) is 15.2. The van der Waals surface area contributed by atoms with Crippen LogP contribution in [0.5, 0.6) is 5.75 Å². The van der Waals surface area contributed by atoms with Crippen LogP contribution in [0.25, 0.3) is 22.0 Å².